The molecule has 0 aliphatic carbocycles. The summed E-state index contributed by atoms with van der Waals surface area (Å²) in [7, 11) is 0. The van der Waals surface area contributed by atoms with E-state index >= 15 is 0 Å². The monoisotopic (exact) mass is 769 g/mol. The predicted octanol–water partition coefficient (Wildman–Crippen LogP) is 15.1. The van der Waals surface area contributed by atoms with Crippen LogP contribution in [0.5, 0.6) is 0 Å². The van der Waals surface area contributed by atoms with E-state index in [0.29, 0.717) is 17.5 Å². The van der Waals surface area contributed by atoms with Gasteiger partial charge in [0.2, 0.25) is 0 Å². The molecule has 4 heteroatoms. The molecule has 9 aromatic carbocycles. The van der Waals surface area contributed by atoms with Gasteiger partial charge in [-0.1, -0.05) is 200 Å². The van der Waals surface area contributed by atoms with Crippen molar-refractivity contribution in [3.05, 3.63) is 212 Å². The Bertz CT molecular complexity index is 3280. The fourth-order valence-corrected chi connectivity index (χ4v) is 9.49. The van der Waals surface area contributed by atoms with E-state index in [9.17, 15) is 0 Å². The Hall–Kier alpha value is -7.53. The van der Waals surface area contributed by atoms with Gasteiger partial charge in [0.25, 0.3) is 0 Å². The van der Waals surface area contributed by atoms with Crippen LogP contribution in [0.4, 0.5) is 0 Å². The van der Waals surface area contributed by atoms with E-state index in [0.717, 1.165) is 33.0 Å². The van der Waals surface area contributed by atoms with E-state index in [1.807, 2.05) is 17.4 Å². The van der Waals surface area contributed by atoms with E-state index in [4.69, 9.17) is 15.0 Å². The summed E-state index contributed by atoms with van der Waals surface area (Å²) < 4.78 is 2.44. The Morgan fingerprint density at radius 1 is 0.288 bits per heavy atom. The van der Waals surface area contributed by atoms with E-state index in [2.05, 4.69) is 206 Å². The second-order valence-electron chi connectivity index (χ2n) is 14.8. The molecule has 59 heavy (non-hydrogen) atoms. The summed E-state index contributed by atoms with van der Waals surface area (Å²) in [4.78, 5) is 15.7. The average molecular weight is 770 g/mol. The normalized spacial score (nSPS) is 11.4. The molecular weight excluding hydrogens is 735 g/mol. The van der Waals surface area contributed by atoms with Crippen LogP contribution >= 0.6 is 11.3 Å². The Kier molecular flexibility index (Phi) is 8.68. The van der Waals surface area contributed by atoms with Crippen molar-refractivity contribution in [2.45, 2.75) is 0 Å². The summed E-state index contributed by atoms with van der Waals surface area (Å²) in [5.74, 6) is 1.93. The number of nitrogens with zero attached hydrogens (tertiary/aromatic N) is 3. The van der Waals surface area contributed by atoms with E-state index < -0.39 is 0 Å². The zero-order valence-corrected chi connectivity index (χ0v) is 32.8. The Labute approximate surface area is 346 Å². The number of rotatable bonds is 7. The van der Waals surface area contributed by atoms with Gasteiger partial charge in [-0.05, 0) is 67.4 Å². The lowest BCUT2D eigenvalue weighted by molar-refractivity contribution is 1.08. The highest BCUT2D eigenvalue weighted by Crippen LogP contribution is 2.44. The van der Waals surface area contributed by atoms with Crippen LogP contribution in [0.2, 0.25) is 0 Å². The molecule has 0 amide bonds. The van der Waals surface area contributed by atoms with Crippen LogP contribution in [0.25, 0.3) is 110 Å². The van der Waals surface area contributed by atoms with E-state index in [1.54, 1.807) is 0 Å². The van der Waals surface area contributed by atoms with Crippen LogP contribution < -0.4 is 0 Å². The van der Waals surface area contributed by atoms with Crippen LogP contribution in [-0.4, -0.2) is 15.0 Å². The van der Waals surface area contributed by atoms with Gasteiger partial charge >= 0.3 is 0 Å². The number of fused-ring (bicyclic) bond motifs is 4. The van der Waals surface area contributed by atoms with Gasteiger partial charge in [0, 0.05) is 36.9 Å². The smallest absolute Gasteiger partial charge is 0.164 e. The number of hydrogen-bond acceptors (Lipinski definition) is 4. The summed E-state index contributed by atoms with van der Waals surface area (Å²) in [6.45, 7) is 0. The van der Waals surface area contributed by atoms with Crippen molar-refractivity contribution < 1.29 is 0 Å². The highest BCUT2D eigenvalue weighted by Gasteiger charge is 2.19. The lowest BCUT2D eigenvalue weighted by atomic mass is 9.97. The minimum Gasteiger partial charge on any atom is -0.208 e. The van der Waals surface area contributed by atoms with Crippen molar-refractivity contribution in [2.75, 3.05) is 0 Å². The summed E-state index contributed by atoms with van der Waals surface area (Å²) in [5.41, 5.74) is 12.4. The summed E-state index contributed by atoms with van der Waals surface area (Å²) in [5, 5.41) is 4.67. The SMILES string of the molecule is c1ccc(-c2ccc(-c3nc(-c4ccc5c(-c6ccccc6)cccc5c4)nc(-c4cccc5sc6c(-c7ccc(-c8ccccc8)cc7)cccc6c45)n3)cc2)cc1. The third-order valence-corrected chi connectivity index (χ3v) is 12.4. The fourth-order valence-electron chi connectivity index (χ4n) is 8.22. The molecule has 2 aromatic heterocycles. The van der Waals surface area contributed by atoms with Gasteiger partial charge < -0.3 is 0 Å². The van der Waals surface area contributed by atoms with Crippen LogP contribution in [-0.2, 0) is 0 Å². The van der Waals surface area contributed by atoms with Gasteiger partial charge in [0.05, 0.1) is 0 Å². The highest BCUT2D eigenvalue weighted by atomic mass is 32.1. The second kappa shape index (κ2) is 14.8. The molecule has 3 nitrogen and oxygen atoms in total. The Balaban J connectivity index is 1.06. The fraction of sp³-hybridized carbons (Fsp3) is 0. The Morgan fingerprint density at radius 2 is 0.763 bits per heavy atom. The lowest BCUT2D eigenvalue weighted by Gasteiger charge is -2.12. The maximum Gasteiger partial charge on any atom is 0.164 e. The summed E-state index contributed by atoms with van der Waals surface area (Å²) >= 11 is 1.82. The molecule has 0 aliphatic rings. The maximum atomic E-state index is 5.29. The molecule has 0 unspecified atom stereocenters. The Morgan fingerprint density at radius 3 is 1.44 bits per heavy atom. The van der Waals surface area contributed by atoms with Gasteiger partial charge in [0.1, 0.15) is 0 Å². The molecule has 0 fully saturated rings. The van der Waals surface area contributed by atoms with Crippen molar-refractivity contribution in [1.29, 1.82) is 0 Å². The number of benzene rings is 9. The molecule has 2 heterocycles. The van der Waals surface area contributed by atoms with Gasteiger partial charge in [0.15, 0.2) is 17.5 Å². The maximum absolute atomic E-state index is 5.29. The molecule has 0 radical (unpaired) electrons. The van der Waals surface area contributed by atoms with Gasteiger partial charge in [-0.2, -0.15) is 0 Å². The quantitative estimate of drug-likeness (QED) is 0.162. The first-order valence-corrected chi connectivity index (χ1v) is 20.7. The zero-order valence-electron chi connectivity index (χ0n) is 32.0. The van der Waals surface area contributed by atoms with Crippen molar-refractivity contribution in [1.82, 2.24) is 15.0 Å². The first kappa shape index (κ1) is 34.7. The molecule has 276 valence electrons. The first-order valence-electron chi connectivity index (χ1n) is 19.8. The summed E-state index contributed by atoms with van der Waals surface area (Å²) in [6.07, 6.45) is 0. The van der Waals surface area contributed by atoms with Crippen molar-refractivity contribution >= 4 is 42.3 Å². The molecule has 0 spiro atoms. The molecule has 0 N–H and O–H groups in total. The van der Waals surface area contributed by atoms with E-state index in [-0.39, 0.29) is 0 Å². The lowest BCUT2D eigenvalue weighted by Crippen LogP contribution is -2.00. The number of aromatic nitrogens is 3. The molecule has 0 bridgehead atoms. The van der Waals surface area contributed by atoms with Crippen molar-refractivity contribution in [3.8, 4) is 78.7 Å². The molecule has 0 atom stereocenters. The predicted molar refractivity (Wildman–Crippen MR) is 248 cm³/mol. The second-order valence-corrected chi connectivity index (χ2v) is 15.8. The average Bonchev–Trinajstić information content (AvgIpc) is 3.71. The largest absolute Gasteiger partial charge is 0.208 e. The minimum atomic E-state index is 0.637. The third-order valence-electron chi connectivity index (χ3n) is 11.2. The topological polar surface area (TPSA) is 38.7 Å². The van der Waals surface area contributed by atoms with Crippen molar-refractivity contribution in [3.63, 3.8) is 0 Å². The van der Waals surface area contributed by atoms with Gasteiger partial charge in [-0.3, -0.25) is 0 Å². The standard InChI is InChI=1S/C55H35N3S/c1-4-13-36(14-5-1)38-25-29-41(30-26-38)47-21-11-22-48-51-49(23-12-24-50(51)59-52(47)48)55-57-53(42-31-27-39(28-32-42)37-15-6-2-7-16-37)56-54(58-55)44-33-34-46-43(35-44)19-10-20-45(46)40-17-8-3-9-18-40/h1-35H. The van der Waals surface area contributed by atoms with Gasteiger partial charge in [-0.15, -0.1) is 11.3 Å². The number of hydrogen-bond donors (Lipinski definition) is 0. The molecule has 0 aliphatic heterocycles. The van der Waals surface area contributed by atoms with Crippen LogP contribution in [0.1, 0.15) is 0 Å². The molecule has 11 aromatic rings. The van der Waals surface area contributed by atoms with Crippen LogP contribution in [0, 0.1) is 0 Å². The highest BCUT2D eigenvalue weighted by molar-refractivity contribution is 7.26. The molecule has 0 saturated heterocycles. The van der Waals surface area contributed by atoms with E-state index in [1.165, 1.54) is 59.1 Å². The minimum absolute atomic E-state index is 0.637. The number of thiophene rings is 1. The molecular formula is C55H35N3S. The van der Waals surface area contributed by atoms with Gasteiger partial charge in [-0.25, -0.2) is 15.0 Å². The summed E-state index contributed by atoms with van der Waals surface area (Å²) in [6, 6.07) is 75.2. The van der Waals surface area contributed by atoms with Crippen molar-refractivity contribution in [2.24, 2.45) is 0 Å². The first-order chi connectivity index (χ1) is 29.2. The third kappa shape index (κ3) is 6.46. The van der Waals surface area contributed by atoms with Crippen LogP contribution in [0.15, 0.2) is 212 Å². The molecule has 11 rings (SSSR count). The van der Waals surface area contributed by atoms with Crippen LogP contribution in [0.3, 0.4) is 0 Å². The molecule has 0 saturated carbocycles. The zero-order chi connectivity index (χ0) is 39.1.